The van der Waals surface area contributed by atoms with Gasteiger partial charge in [0.15, 0.2) is 5.78 Å². The maximum absolute atomic E-state index is 12.0. The largest absolute Gasteiger partial charge is 0.325 e. The van der Waals surface area contributed by atoms with Crippen LogP contribution >= 0.6 is 11.6 Å². The van der Waals surface area contributed by atoms with Crippen LogP contribution in [0.1, 0.15) is 22.8 Å². The van der Waals surface area contributed by atoms with Gasteiger partial charge in [0.05, 0.1) is 12.1 Å². The number of anilines is 1. The first-order valence-electron chi connectivity index (χ1n) is 6.20. The molecule has 0 aromatic heterocycles. The molecule has 0 aliphatic heterocycles. The molecule has 0 aliphatic carbocycles. The third-order valence-corrected chi connectivity index (χ3v) is 3.07. The van der Waals surface area contributed by atoms with Crippen molar-refractivity contribution in [1.29, 1.82) is 0 Å². The fourth-order valence-corrected chi connectivity index (χ4v) is 2.14. The fourth-order valence-electron chi connectivity index (χ4n) is 1.93. The van der Waals surface area contributed by atoms with Crippen LogP contribution in [0.25, 0.3) is 0 Å². The van der Waals surface area contributed by atoms with Gasteiger partial charge in [-0.25, -0.2) is 0 Å². The number of hydrogen-bond donors (Lipinski definition) is 1. The van der Waals surface area contributed by atoms with E-state index in [1.54, 1.807) is 42.5 Å². The molecule has 0 atom stereocenters. The van der Waals surface area contributed by atoms with E-state index < -0.39 is 0 Å². The number of hydrogen-bond acceptors (Lipinski definition) is 2. The zero-order chi connectivity index (χ0) is 14.5. The zero-order valence-electron chi connectivity index (χ0n) is 11.0. The number of para-hydroxylation sites is 1. The molecule has 3 nitrogen and oxygen atoms in total. The van der Waals surface area contributed by atoms with Crippen LogP contribution in [0.2, 0.25) is 5.02 Å². The number of carbonyl (C=O) groups is 2. The molecule has 0 heterocycles. The second-order valence-corrected chi connectivity index (χ2v) is 4.89. The summed E-state index contributed by atoms with van der Waals surface area (Å²) in [6.45, 7) is 1.47. The third-order valence-electron chi connectivity index (χ3n) is 2.83. The molecule has 4 heteroatoms. The summed E-state index contributed by atoms with van der Waals surface area (Å²) >= 11 is 5.88. The predicted octanol–water partition coefficient (Wildman–Crippen LogP) is 3.72. The number of rotatable bonds is 4. The zero-order valence-corrected chi connectivity index (χ0v) is 11.8. The minimum Gasteiger partial charge on any atom is -0.325 e. The summed E-state index contributed by atoms with van der Waals surface area (Å²) in [5.41, 5.74) is 1.87. The standard InChI is InChI=1S/C16H14ClNO2/c1-11(19)14-7-2-3-8-15(14)18-16(20)10-12-5-4-6-13(17)9-12/h2-9H,10H2,1H3,(H,18,20). The molecule has 0 spiro atoms. The second-order valence-electron chi connectivity index (χ2n) is 4.46. The smallest absolute Gasteiger partial charge is 0.228 e. The molecule has 1 amide bonds. The number of halogens is 1. The van der Waals surface area contributed by atoms with Crippen LogP contribution < -0.4 is 5.32 Å². The highest BCUT2D eigenvalue weighted by Gasteiger charge is 2.10. The van der Waals surface area contributed by atoms with Crippen molar-refractivity contribution < 1.29 is 9.59 Å². The molecular weight excluding hydrogens is 274 g/mol. The van der Waals surface area contributed by atoms with Crippen molar-refractivity contribution in [2.75, 3.05) is 5.32 Å². The average molecular weight is 288 g/mol. The molecule has 1 N–H and O–H groups in total. The van der Waals surface area contributed by atoms with E-state index in [0.717, 1.165) is 5.56 Å². The number of benzene rings is 2. The van der Waals surface area contributed by atoms with Gasteiger partial charge >= 0.3 is 0 Å². The Hall–Kier alpha value is -2.13. The molecular formula is C16H14ClNO2. The fraction of sp³-hybridized carbons (Fsp3) is 0.125. The molecule has 20 heavy (non-hydrogen) atoms. The lowest BCUT2D eigenvalue weighted by Gasteiger charge is -2.09. The molecule has 0 bridgehead atoms. The summed E-state index contributed by atoms with van der Waals surface area (Å²) in [6, 6.07) is 14.1. The number of amides is 1. The minimum absolute atomic E-state index is 0.0799. The van der Waals surface area contributed by atoms with Crippen LogP contribution in [0.5, 0.6) is 0 Å². The number of carbonyl (C=O) groups excluding carboxylic acids is 2. The van der Waals surface area contributed by atoms with E-state index in [0.29, 0.717) is 16.3 Å². The van der Waals surface area contributed by atoms with Crippen molar-refractivity contribution in [3.8, 4) is 0 Å². The van der Waals surface area contributed by atoms with Crippen LogP contribution in [0.15, 0.2) is 48.5 Å². The van der Waals surface area contributed by atoms with E-state index in [1.807, 2.05) is 6.07 Å². The monoisotopic (exact) mass is 287 g/mol. The van der Waals surface area contributed by atoms with E-state index in [1.165, 1.54) is 6.92 Å². The lowest BCUT2D eigenvalue weighted by molar-refractivity contribution is -0.115. The van der Waals surface area contributed by atoms with Gasteiger partial charge in [0.2, 0.25) is 5.91 Å². The first kappa shape index (κ1) is 14.3. The van der Waals surface area contributed by atoms with Crippen molar-refractivity contribution in [2.24, 2.45) is 0 Å². The van der Waals surface area contributed by atoms with Crippen LogP contribution in [-0.2, 0) is 11.2 Å². The van der Waals surface area contributed by atoms with Gasteiger partial charge in [-0.2, -0.15) is 0 Å². The quantitative estimate of drug-likeness (QED) is 0.871. The lowest BCUT2D eigenvalue weighted by Crippen LogP contribution is -2.16. The molecule has 0 radical (unpaired) electrons. The van der Waals surface area contributed by atoms with Crippen molar-refractivity contribution in [3.05, 3.63) is 64.7 Å². The Balaban J connectivity index is 2.11. The van der Waals surface area contributed by atoms with Crippen LogP contribution in [-0.4, -0.2) is 11.7 Å². The molecule has 2 aromatic rings. The Bertz CT molecular complexity index is 652. The van der Waals surface area contributed by atoms with E-state index in [9.17, 15) is 9.59 Å². The van der Waals surface area contributed by atoms with Crippen molar-refractivity contribution >= 4 is 29.0 Å². The van der Waals surface area contributed by atoms with Gasteiger partial charge in [0, 0.05) is 10.6 Å². The number of Topliss-reactive ketones (excluding diaryl/α,β-unsaturated/α-hetero) is 1. The second kappa shape index (κ2) is 6.35. The molecule has 0 saturated carbocycles. The Labute approximate surface area is 122 Å². The summed E-state index contributed by atoms with van der Waals surface area (Å²) in [5.74, 6) is -0.260. The Morgan fingerprint density at radius 1 is 1.10 bits per heavy atom. The van der Waals surface area contributed by atoms with E-state index in [4.69, 9.17) is 11.6 Å². The van der Waals surface area contributed by atoms with Crippen molar-refractivity contribution in [1.82, 2.24) is 0 Å². The molecule has 102 valence electrons. The Morgan fingerprint density at radius 2 is 1.85 bits per heavy atom. The minimum atomic E-state index is -0.180. The van der Waals surface area contributed by atoms with Gasteiger partial charge < -0.3 is 5.32 Å². The summed E-state index contributed by atoms with van der Waals surface area (Å²) in [5, 5.41) is 3.35. The molecule has 0 fully saturated rings. The molecule has 2 aromatic carbocycles. The van der Waals surface area contributed by atoms with E-state index >= 15 is 0 Å². The topological polar surface area (TPSA) is 46.2 Å². The molecule has 0 saturated heterocycles. The summed E-state index contributed by atoms with van der Waals surface area (Å²) in [6.07, 6.45) is 0.215. The van der Waals surface area contributed by atoms with E-state index in [2.05, 4.69) is 5.32 Å². The van der Waals surface area contributed by atoms with Gasteiger partial charge in [-0.1, -0.05) is 35.9 Å². The highest BCUT2D eigenvalue weighted by molar-refractivity contribution is 6.30. The Kier molecular flexibility index (Phi) is 4.53. The molecule has 0 aliphatic rings. The molecule has 0 unspecified atom stereocenters. The Morgan fingerprint density at radius 3 is 2.55 bits per heavy atom. The third kappa shape index (κ3) is 3.68. The highest BCUT2D eigenvalue weighted by Crippen LogP contribution is 2.16. The van der Waals surface area contributed by atoms with Gasteiger partial charge in [0.1, 0.15) is 0 Å². The molecule has 2 rings (SSSR count). The van der Waals surface area contributed by atoms with Crippen molar-refractivity contribution in [2.45, 2.75) is 13.3 Å². The van der Waals surface area contributed by atoms with Gasteiger partial charge in [-0.05, 0) is 36.8 Å². The van der Waals surface area contributed by atoms with Crippen LogP contribution in [0.4, 0.5) is 5.69 Å². The van der Waals surface area contributed by atoms with E-state index in [-0.39, 0.29) is 18.1 Å². The van der Waals surface area contributed by atoms with Gasteiger partial charge in [-0.3, -0.25) is 9.59 Å². The first-order chi connectivity index (χ1) is 9.56. The lowest BCUT2D eigenvalue weighted by atomic mass is 10.1. The summed E-state index contributed by atoms with van der Waals surface area (Å²) < 4.78 is 0. The number of ketones is 1. The van der Waals surface area contributed by atoms with Gasteiger partial charge in [0.25, 0.3) is 0 Å². The van der Waals surface area contributed by atoms with Crippen molar-refractivity contribution in [3.63, 3.8) is 0 Å². The maximum Gasteiger partial charge on any atom is 0.228 e. The van der Waals surface area contributed by atoms with Crippen LogP contribution in [0, 0.1) is 0 Å². The SMILES string of the molecule is CC(=O)c1ccccc1NC(=O)Cc1cccc(Cl)c1. The van der Waals surface area contributed by atoms with Crippen LogP contribution in [0.3, 0.4) is 0 Å². The highest BCUT2D eigenvalue weighted by atomic mass is 35.5. The van der Waals surface area contributed by atoms with Gasteiger partial charge in [-0.15, -0.1) is 0 Å². The maximum atomic E-state index is 12.0. The predicted molar refractivity (Wildman–Crippen MR) is 80.2 cm³/mol. The summed E-state index contributed by atoms with van der Waals surface area (Å²) in [7, 11) is 0. The number of nitrogens with one attached hydrogen (secondary N) is 1. The normalized spacial score (nSPS) is 10.1. The summed E-state index contributed by atoms with van der Waals surface area (Å²) in [4.78, 5) is 23.5. The average Bonchev–Trinajstić information content (AvgIpc) is 2.38. The first-order valence-corrected chi connectivity index (χ1v) is 6.58.